The zero-order chi connectivity index (χ0) is 17.5. The van der Waals surface area contributed by atoms with Gasteiger partial charge in [0.05, 0.1) is 0 Å². The second kappa shape index (κ2) is 9.86. The van der Waals surface area contributed by atoms with Crippen LogP contribution in [-0.2, 0) is 0 Å². The predicted molar refractivity (Wildman–Crippen MR) is 102 cm³/mol. The van der Waals surface area contributed by atoms with Crippen molar-refractivity contribution in [3.8, 4) is 0 Å². The van der Waals surface area contributed by atoms with E-state index in [9.17, 15) is 9.59 Å². The summed E-state index contributed by atoms with van der Waals surface area (Å²) in [6.45, 7) is 0. The minimum atomic E-state index is -2.32. The zero-order valence-corrected chi connectivity index (χ0v) is 18.5. The first-order valence-corrected chi connectivity index (χ1v) is 17.3. The Morgan fingerprint density at radius 3 is 1.38 bits per heavy atom. The van der Waals surface area contributed by atoms with Gasteiger partial charge in [0.1, 0.15) is 0 Å². The zero-order valence-electron chi connectivity index (χ0n) is 13.0. The third-order valence-corrected chi connectivity index (χ3v) is 12.4. The van der Waals surface area contributed by atoms with Crippen LogP contribution in [-0.4, -0.2) is 31.8 Å². The Morgan fingerprint density at radius 2 is 1.04 bits per heavy atom. The summed E-state index contributed by atoms with van der Waals surface area (Å²) in [4.78, 5) is 24.2. The fourth-order valence-corrected chi connectivity index (χ4v) is 8.10. The molecule has 0 heterocycles. The summed E-state index contributed by atoms with van der Waals surface area (Å²) in [5, 5.41) is 1.23. The molecule has 0 aliphatic heterocycles. The summed E-state index contributed by atoms with van der Waals surface area (Å²) in [5.74, 6) is 0.163. The molecule has 0 saturated carbocycles. The van der Waals surface area contributed by atoms with Gasteiger partial charge in [-0.1, -0.05) is 0 Å². The predicted octanol–water partition coefficient (Wildman–Crippen LogP) is 6.07. The summed E-state index contributed by atoms with van der Waals surface area (Å²) in [6.07, 6.45) is 0.891. The first kappa shape index (κ1) is 19.8. The Morgan fingerprint density at radius 1 is 0.708 bits per heavy atom. The quantitative estimate of drug-likeness (QED) is 0.426. The Balaban J connectivity index is 1.75. The number of carbonyl (C=O) groups is 2. The van der Waals surface area contributed by atoms with Crippen molar-refractivity contribution in [2.45, 2.75) is 21.2 Å². The van der Waals surface area contributed by atoms with Crippen molar-refractivity contribution in [2.75, 3.05) is 0 Å². The van der Waals surface area contributed by atoms with Crippen LogP contribution in [0.3, 0.4) is 0 Å². The van der Waals surface area contributed by atoms with Crippen molar-refractivity contribution in [1.82, 2.24) is 0 Å². The molecule has 0 aromatic heterocycles. The average Bonchev–Trinajstić information content (AvgIpc) is 2.58. The van der Waals surface area contributed by atoms with E-state index in [1.807, 2.05) is 0 Å². The van der Waals surface area contributed by atoms with Crippen LogP contribution in [0.4, 0.5) is 0 Å². The molecule has 0 fully saturated rings. The van der Waals surface area contributed by atoms with E-state index in [1.165, 1.54) is 0 Å². The fraction of sp³-hybridized carbons (Fsp3) is 0.222. The summed E-state index contributed by atoms with van der Waals surface area (Å²) in [5.41, 5.74) is 1.32. The van der Waals surface area contributed by atoms with Crippen LogP contribution in [0.2, 0.25) is 18.4 Å². The number of carbonyl (C=O) groups excluding carboxylic acids is 2. The van der Waals surface area contributed by atoms with Gasteiger partial charge in [-0.2, -0.15) is 0 Å². The molecule has 0 aliphatic carbocycles. The first-order chi connectivity index (χ1) is 11.5. The van der Waals surface area contributed by atoms with Crippen molar-refractivity contribution in [1.29, 1.82) is 0 Å². The fourth-order valence-electron chi connectivity index (χ4n) is 2.28. The number of rotatable bonds is 8. The average molecular weight is 486 g/mol. The summed E-state index contributed by atoms with van der Waals surface area (Å²) < 4.78 is 1.50. The van der Waals surface area contributed by atoms with Gasteiger partial charge in [-0.05, 0) is 0 Å². The Bertz CT molecular complexity index is 638. The van der Waals surface area contributed by atoms with Gasteiger partial charge in [-0.25, -0.2) is 0 Å². The van der Waals surface area contributed by atoms with Gasteiger partial charge >= 0.3 is 164 Å². The van der Waals surface area contributed by atoms with Crippen molar-refractivity contribution in [2.24, 2.45) is 0 Å². The third-order valence-electron chi connectivity index (χ3n) is 3.70. The molecule has 2 aromatic rings. The monoisotopic (exact) mass is 484 g/mol. The molecule has 0 amide bonds. The number of Topliss-reactive ketones (excluding diaryl/α,β-unsaturated/α-hetero) is 2. The van der Waals surface area contributed by atoms with Crippen molar-refractivity contribution in [3.05, 3.63) is 69.7 Å². The molecule has 0 saturated heterocycles. The molecule has 2 nitrogen and oxygen atoms in total. The molecule has 0 N–H and O–H groups in total. The standard InChI is InChI=1S/2C9H8ClO.ClH.In/c2*1-2-9(11)7-3-5-8(10)6-4-7;;/h2*3-6H,1-2H2;1H;/q;;;+1/p-1. The van der Waals surface area contributed by atoms with Gasteiger partial charge in [0.2, 0.25) is 0 Å². The third kappa shape index (κ3) is 6.44. The second-order valence-corrected chi connectivity index (χ2v) is 17.3. The van der Waals surface area contributed by atoms with Crippen LogP contribution in [0.1, 0.15) is 33.6 Å². The van der Waals surface area contributed by atoms with E-state index in [0.717, 1.165) is 8.35 Å². The van der Waals surface area contributed by atoms with Crippen LogP contribution in [0.5, 0.6) is 0 Å². The van der Waals surface area contributed by atoms with Crippen LogP contribution in [0.25, 0.3) is 0 Å². The molecular weight excluding hydrogens is 469 g/mol. The SMILES string of the molecule is O=C(C[CH2][In]([Cl])[CH2]CC(=O)c1ccc(Cl)cc1)c1ccc(Cl)cc1. The van der Waals surface area contributed by atoms with E-state index < -0.39 is 20.3 Å². The second-order valence-electron chi connectivity index (χ2n) is 5.53. The molecule has 0 radical (unpaired) electrons. The van der Waals surface area contributed by atoms with E-state index in [0.29, 0.717) is 34.0 Å². The van der Waals surface area contributed by atoms with Gasteiger partial charge in [-0.3, -0.25) is 0 Å². The molecule has 0 unspecified atom stereocenters. The van der Waals surface area contributed by atoms with Crippen LogP contribution in [0, 0.1) is 0 Å². The van der Waals surface area contributed by atoms with Gasteiger partial charge in [-0.15, -0.1) is 0 Å². The van der Waals surface area contributed by atoms with Crippen molar-refractivity contribution >= 4 is 63.6 Å². The summed E-state index contributed by atoms with van der Waals surface area (Å²) in [7, 11) is 6.46. The van der Waals surface area contributed by atoms with Crippen LogP contribution >= 0.6 is 31.8 Å². The molecule has 24 heavy (non-hydrogen) atoms. The summed E-state index contributed by atoms with van der Waals surface area (Å²) >= 11 is 9.31. The van der Waals surface area contributed by atoms with E-state index in [1.54, 1.807) is 48.5 Å². The molecular formula is C18H16Cl3InO2. The van der Waals surface area contributed by atoms with Gasteiger partial charge < -0.3 is 0 Å². The van der Waals surface area contributed by atoms with Crippen LogP contribution in [0.15, 0.2) is 48.5 Å². The number of benzene rings is 2. The van der Waals surface area contributed by atoms with Crippen molar-refractivity contribution < 1.29 is 9.59 Å². The maximum atomic E-state index is 12.1. The van der Waals surface area contributed by atoms with Gasteiger partial charge in [0, 0.05) is 0 Å². The van der Waals surface area contributed by atoms with Gasteiger partial charge in [0.15, 0.2) is 0 Å². The number of hydrogen-bond acceptors (Lipinski definition) is 2. The Kier molecular flexibility index (Phi) is 8.15. The number of ketones is 2. The molecule has 124 valence electrons. The van der Waals surface area contributed by atoms with E-state index in [2.05, 4.69) is 0 Å². The molecule has 0 atom stereocenters. The van der Waals surface area contributed by atoms with Gasteiger partial charge in [0.25, 0.3) is 0 Å². The number of hydrogen-bond donors (Lipinski definition) is 0. The molecule has 0 bridgehead atoms. The van der Waals surface area contributed by atoms with E-state index >= 15 is 0 Å². The van der Waals surface area contributed by atoms with E-state index in [-0.39, 0.29) is 11.6 Å². The molecule has 6 heteroatoms. The van der Waals surface area contributed by atoms with E-state index in [4.69, 9.17) is 31.8 Å². The van der Waals surface area contributed by atoms with Crippen LogP contribution < -0.4 is 0 Å². The van der Waals surface area contributed by atoms with Crippen molar-refractivity contribution in [3.63, 3.8) is 0 Å². The topological polar surface area (TPSA) is 34.1 Å². The molecule has 0 spiro atoms. The molecule has 0 aliphatic rings. The molecule has 2 rings (SSSR count). The maximum absolute atomic E-state index is 12.1. The minimum absolute atomic E-state index is 0.0815. The molecule has 2 aromatic carbocycles. The summed E-state index contributed by atoms with van der Waals surface area (Å²) in [6, 6.07) is 13.8. The Labute approximate surface area is 163 Å². The number of halogens is 3. The Hall–Kier alpha value is -0.480. The first-order valence-electron chi connectivity index (χ1n) is 7.67. The normalized spacial score (nSPS) is 10.5.